The first-order valence-corrected chi connectivity index (χ1v) is 4.42. The predicted molar refractivity (Wildman–Crippen MR) is 45.0 cm³/mol. The molecule has 1 aliphatic heterocycles. The normalized spacial score (nSPS) is 21.5. The first-order valence-electron chi connectivity index (χ1n) is 4.42. The van der Waals surface area contributed by atoms with E-state index < -0.39 is 0 Å². The van der Waals surface area contributed by atoms with Crippen LogP contribution in [0, 0.1) is 0 Å². The van der Waals surface area contributed by atoms with Crippen LogP contribution in [-0.2, 0) is 11.3 Å². The molecule has 7 heteroatoms. The van der Waals surface area contributed by atoms with E-state index in [1.165, 1.54) is 11.0 Å². The summed E-state index contributed by atoms with van der Waals surface area (Å²) in [7, 11) is 0. The number of carbonyl (C=O) groups is 1. The van der Waals surface area contributed by atoms with Gasteiger partial charge in [0.25, 0.3) is 0 Å². The Morgan fingerprint density at radius 1 is 1.64 bits per heavy atom. The lowest BCUT2D eigenvalue weighted by molar-refractivity contribution is -0.131. The molecule has 1 fully saturated rings. The summed E-state index contributed by atoms with van der Waals surface area (Å²) in [5, 5.41) is 19.7. The van der Waals surface area contributed by atoms with Crippen molar-refractivity contribution in [1.29, 1.82) is 0 Å². The number of tetrazole rings is 1. The number of hydrogen-bond donors (Lipinski definition) is 1. The summed E-state index contributed by atoms with van der Waals surface area (Å²) in [4.78, 5) is 13.2. The number of nitrogens with zero attached hydrogens (tertiary/aromatic N) is 5. The highest BCUT2D eigenvalue weighted by Crippen LogP contribution is 2.08. The molecule has 1 aliphatic rings. The summed E-state index contributed by atoms with van der Waals surface area (Å²) in [6.45, 7) is 1.17. The lowest BCUT2D eigenvalue weighted by Gasteiger charge is -2.14. The highest BCUT2D eigenvalue weighted by molar-refractivity contribution is 5.76. The zero-order valence-corrected chi connectivity index (χ0v) is 7.57. The third kappa shape index (κ3) is 1.87. The topological polar surface area (TPSA) is 84.1 Å². The van der Waals surface area contributed by atoms with Crippen molar-refractivity contribution in [2.75, 3.05) is 13.1 Å². The van der Waals surface area contributed by atoms with Gasteiger partial charge in [-0.3, -0.25) is 4.79 Å². The zero-order valence-electron chi connectivity index (χ0n) is 7.57. The average Bonchev–Trinajstić information content (AvgIpc) is 2.75. The SMILES string of the molecule is O=C(Cn1cnnn1)N1CC[C@@H](O)C1. The van der Waals surface area contributed by atoms with Crippen LogP contribution in [0.4, 0.5) is 0 Å². The molecule has 0 spiro atoms. The van der Waals surface area contributed by atoms with Crippen LogP contribution < -0.4 is 0 Å². The number of rotatable bonds is 2. The summed E-state index contributed by atoms with van der Waals surface area (Å²) in [5.41, 5.74) is 0. The van der Waals surface area contributed by atoms with Gasteiger partial charge < -0.3 is 10.0 Å². The number of β-amino-alcohol motifs (C(OH)–C–C–N with tert-alkyl or cyclic N) is 1. The standard InChI is InChI=1S/C7H11N5O2/c13-6-1-2-11(3-6)7(14)4-12-5-8-9-10-12/h5-6,13H,1-4H2/t6-/m1/s1. The van der Waals surface area contributed by atoms with E-state index in [9.17, 15) is 9.90 Å². The van der Waals surface area contributed by atoms with Crippen molar-refractivity contribution in [2.45, 2.75) is 19.1 Å². The first kappa shape index (κ1) is 9.07. The second-order valence-corrected chi connectivity index (χ2v) is 3.29. The molecule has 1 atom stereocenters. The van der Waals surface area contributed by atoms with Crippen LogP contribution in [-0.4, -0.2) is 55.3 Å². The van der Waals surface area contributed by atoms with Crippen molar-refractivity contribution in [3.05, 3.63) is 6.33 Å². The second kappa shape index (κ2) is 3.70. The summed E-state index contributed by atoms with van der Waals surface area (Å²) >= 11 is 0. The van der Waals surface area contributed by atoms with Crippen molar-refractivity contribution in [3.8, 4) is 0 Å². The summed E-state index contributed by atoms with van der Waals surface area (Å²) in [5.74, 6) is -0.0612. The van der Waals surface area contributed by atoms with Crippen molar-refractivity contribution in [3.63, 3.8) is 0 Å². The molecule has 0 radical (unpaired) electrons. The molecule has 2 rings (SSSR count). The largest absolute Gasteiger partial charge is 0.391 e. The Hall–Kier alpha value is -1.50. The molecule has 7 nitrogen and oxygen atoms in total. The molecule has 2 heterocycles. The van der Waals surface area contributed by atoms with Gasteiger partial charge in [-0.15, -0.1) is 5.10 Å². The second-order valence-electron chi connectivity index (χ2n) is 3.29. The average molecular weight is 197 g/mol. The van der Waals surface area contributed by atoms with Crippen molar-refractivity contribution in [1.82, 2.24) is 25.1 Å². The first-order chi connectivity index (χ1) is 6.75. The number of aromatic nitrogens is 4. The Bertz CT molecular complexity index is 312. The lowest BCUT2D eigenvalue weighted by atomic mass is 10.3. The molecule has 1 saturated heterocycles. The molecule has 76 valence electrons. The Morgan fingerprint density at radius 2 is 2.50 bits per heavy atom. The fourth-order valence-electron chi connectivity index (χ4n) is 1.46. The quantitative estimate of drug-likeness (QED) is 0.608. The molecule has 0 unspecified atom stereocenters. The monoisotopic (exact) mass is 197 g/mol. The van der Waals surface area contributed by atoms with Crippen LogP contribution in [0.1, 0.15) is 6.42 Å². The molecule has 1 aromatic rings. The third-order valence-electron chi connectivity index (χ3n) is 2.20. The highest BCUT2D eigenvalue weighted by Gasteiger charge is 2.24. The number of aliphatic hydroxyl groups is 1. The van der Waals surface area contributed by atoms with Crippen molar-refractivity contribution >= 4 is 5.91 Å². The van der Waals surface area contributed by atoms with Gasteiger partial charge >= 0.3 is 0 Å². The van der Waals surface area contributed by atoms with Crippen LogP contribution >= 0.6 is 0 Å². The van der Waals surface area contributed by atoms with Crippen LogP contribution in [0.15, 0.2) is 6.33 Å². The van der Waals surface area contributed by atoms with Crippen molar-refractivity contribution < 1.29 is 9.90 Å². The van der Waals surface area contributed by atoms with Gasteiger partial charge in [-0.25, -0.2) is 4.68 Å². The fourth-order valence-corrected chi connectivity index (χ4v) is 1.46. The number of likely N-dealkylation sites (tertiary alicyclic amines) is 1. The zero-order chi connectivity index (χ0) is 9.97. The molecule has 0 bridgehead atoms. The molecular formula is C7H11N5O2. The maximum absolute atomic E-state index is 11.6. The van der Waals surface area contributed by atoms with E-state index >= 15 is 0 Å². The van der Waals surface area contributed by atoms with Gasteiger partial charge in [0.1, 0.15) is 12.9 Å². The Labute approximate surface area is 80.3 Å². The number of amides is 1. The van der Waals surface area contributed by atoms with E-state index in [0.717, 1.165) is 0 Å². The molecule has 1 aromatic heterocycles. The van der Waals surface area contributed by atoms with Gasteiger partial charge in [0.15, 0.2) is 0 Å². The molecular weight excluding hydrogens is 186 g/mol. The van der Waals surface area contributed by atoms with E-state index in [1.54, 1.807) is 4.90 Å². The smallest absolute Gasteiger partial charge is 0.244 e. The van der Waals surface area contributed by atoms with Gasteiger partial charge in [-0.05, 0) is 16.8 Å². The van der Waals surface area contributed by atoms with E-state index in [-0.39, 0.29) is 18.6 Å². The van der Waals surface area contributed by atoms with E-state index in [4.69, 9.17) is 0 Å². The number of carbonyl (C=O) groups excluding carboxylic acids is 1. The Morgan fingerprint density at radius 3 is 3.07 bits per heavy atom. The summed E-state index contributed by atoms with van der Waals surface area (Å²) in [6, 6.07) is 0. The van der Waals surface area contributed by atoms with Gasteiger partial charge in [0.05, 0.1) is 6.10 Å². The van der Waals surface area contributed by atoms with Crippen molar-refractivity contribution in [2.24, 2.45) is 0 Å². The number of hydrogen-bond acceptors (Lipinski definition) is 5. The molecule has 0 saturated carbocycles. The molecule has 1 amide bonds. The molecule has 1 N–H and O–H groups in total. The third-order valence-corrected chi connectivity index (χ3v) is 2.20. The Balaban J connectivity index is 1.90. The molecule has 14 heavy (non-hydrogen) atoms. The molecule has 0 aliphatic carbocycles. The minimum absolute atomic E-state index is 0.0612. The Kier molecular flexibility index (Phi) is 2.40. The fraction of sp³-hybridized carbons (Fsp3) is 0.714. The maximum Gasteiger partial charge on any atom is 0.244 e. The van der Waals surface area contributed by atoms with Crippen LogP contribution in [0.3, 0.4) is 0 Å². The summed E-state index contributed by atoms with van der Waals surface area (Å²) < 4.78 is 1.37. The maximum atomic E-state index is 11.6. The van der Waals surface area contributed by atoms with E-state index in [2.05, 4.69) is 15.5 Å². The van der Waals surface area contributed by atoms with Gasteiger partial charge in [-0.1, -0.05) is 0 Å². The van der Waals surface area contributed by atoms with Gasteiger partial charge in [0.2, 0.25) is 5.91 Å². The van der Waals surface area contributed by atoms with Gasteiger partial charge in [-0.2, -0.15) is 0 Å². The number of aliphatic hydroxyl groups excluding tert-OH is 1. The minimum Gasteiger partial charge on any atom is -0.391 e. The van der Waals surface area contributed by atoms with Crippen LogP contribution in [0.2, 0.25) is 0 Å². The van der Waals surface area contributed by atoms with E-state index in [1.807, 2.05) is 0 Å². The van der Waals surface area contributed by atoms with Crippen LogP contribution in [0.25, 0.3) is 0 Å². The lowest BCUT2D eigenvalue weighted by Crippen LogP contribution is -2.32. The van der Waals surface area contributed by atoms with E-state index in [0.29, 0.717) is 19.5 Å². The predicted octanol–water partition coefficient (Wildman–Crippen LogP) is -1.73. The van der Waals surface area contributed by atoms with Crippen LogP contribution in [0.5, 0.6) is 0 Å². The minimum atomic E-state index is -0.382. The summed E-state index contributed by atoms with van der Waals surface area (Å²) in [6.07, 6.45) is 1.67. The molecule has 0 aromatic carbocycles. The highest BCUT2D eigenvalue weighted by atomic mass is 16.3. The van der Waals surface area contributed by atoms with Gasteiger partial charge in [0, 0.05) is 13.1 Å².